The molecule has 1 rings (SSSR count). The molecule has 0 aromatic heterocycles. The van der Waals surface area contributed by atoms with Crippen LogP contribution in [0.3, 0.4) is 0 Å². The van der Waals surface area contributed by atoms with Crippen molar-refractivity contribution in [3.05, 3.63) is 35.6 Å². The van der Waals surface area contributed by atoms with Crippen LogP contribution in [-0.2, 0) is 16.1 Å². The number of carboxylic acid groups (broad SMARTS) is 2. The van der Waals surface area contributed by atoms with Gasteiger partial charge >= 0.3 is 11.9 Å². The second-order valence-electron chi connectivity index (χ2n) is 4.39. The maximum Gasteiger partial charge on any atom is 0.317 e. The van der Waals surface area contributed by atoms with E-state index in [0.29, 0.717) is 5.56 Å². The normalized spacial score (nSPS) is 12.4. The van der Waals surface area contributed by atoms with Crippen molar-refractivity contribution < 1.29 is 24.2 Å². The molecule has 0 aliphatic carbocycles. The van der Waals surface area contributed by atoms with Gasteiger partial charge < -0.3 is 10.2 Å². The van der Waals surface area contributed by atoms with Crippen molar-refractivity contribution in [3.8, 4) is 0 Å². The fraction of sp³-hybridized carbons (Fsp3) is 0.385. The molecule has 1 atom stereocenters. The van der Waals surface area contributed by atoms with E-state index in [1.807, 2.05) is 0 Å². The molecule has 0 aliphatic rings. The van der Waals surface area contributed by atoms with Crippen molar-refractivity contribution in [3.63, 3.8) is 0 Å². The Morgan fingerprint density at radius 1 is 1.32 bits per heavy atom. The highest BCUT2D eigenvalue weighted by atomic mass is 19.1. The summed E-state index contributed by atoms with van der Waals surface area (Å²) < 4.78 is 13.5. The van der Waals surface area contributed by atoms with Crippen molar-refractivity contribution >= 4 is 11.9 Å². The van der Waals surface area contributed by atoms with Crippen LogP contribution in [0.2, 0.25) is 0 Å². The number of hydrogen-bond donors (Lipinski definition) is 2. The maximum absolute atomic E-state index is 13.5. The maximum atomic E-state index is 13.5. The highest BCUT2D eigenvalue weighted by Crippen LogP contribution is 2.11. The van der Waals surface area contributed by atoms with Crippen LogP contribution < -0.4 is 0 Å². The molecule has 1 unspecified atom stereocenters. The smallest absolute Gasteiger partial charge is 0.317 e. The van der Waals surface area contributed by atoms with Crippen molar-refractivity contribution in [1.82, 2.24) is 4.90 Å². The predicted octanol–water partition coefficient (Wildman–Crippen LogP) is 1.43. The van der Waals surface area contributed by atoms with Gasteiger partial charge in [-0.1, -0.05) is 25.1 Å². The highest BCUT2D eigenvalue weighted by Gasteiger charge is 2.19. The van der Waals surface area contributed by atoms with Gasteiger partial charge in [0.1, 0.15) is 5.82 Å². The van der Waals surface area contributed by atoms with Crippen molar-refractivity contribution in [2.45, 2.75) is 13.5 Å². The molecule has 5 nitrogen and oxygen atoms in total. The number of rotatable bonds is 7. The molecule has 0 radical (unpaired) electrons. The molecule has 0 heterocycles. The van der Waals surface area contributed by atoms with Crippen LogP contribution in [0.15, 0.2) is 24.3 Å². The Morgan fingerprint density at radius 2 is 1.95 bits per heavy atom. The third-order valence-electron chi connectivity index (χ3n) is 2.66. The largest absolute Gasteiger partial charge is 0.481 e. The summed E-state index contributed by atoms with van der Waals surface area (Å²) in [5.74, 6) is -3.23. The summed E-state index contributed by atoms with van der Waals surface area (Å²) in [5.41, 5.74) is 0.348. The minimum absolute atomic E-state index is 0.0516. The fourth-order valence-corrected chi connectivity index (χ4v) is 1.71. The average molecular weight is 269 g/mol. The molecule has 1 aromatic carbocycles. The number of nitrogens with zero attached hydrogens (tertiary/aromatic N) is 1. The molecule has 1 aromatic rings. The summed E-state index contributed by atoms with van der Waals surface area (Å²) in [7, 11) is 0. The average Bonchev–Trinajstić information content (AvgIpc) is 2.31. The molecular formula is C13H16FNO4. The third-order valence-corrected chi connectivity index (χ3v) is 2.66. The lowest BCUT2D eigenvalue weighted by Gasteiger charge is -2.22. The number of halogens is 1. The number of benzene rings is 1. The molecule has 0 saturated carbocycles. The number of carboxylic acids is 2. The van der Waals surface area contributed by atoms with E-state index in [0.717, 1.165) is 0 Å². The Hall–Kier alpha value is -1.95. The Labute approximate surface area is 110 Å². The second kappa shape index (κ2) is 6.84. The van der Waals surface area contributed by atoms with Gasteiger partial charge in [-0.05, 0) is 6.07 Å². The quantitative estimate of drug-likeness (QED) is 0.783. The zero-order chi connectivity index (χ0) is 14.4. The van der Waals surface area contributed by atoms with Crippen LogP contribution >= 0.6 is 0 Å². The summed E-state index contributed by atoms with van der Waals surface area (Å²) in [6, 6.07) is 6.03. The monoisotopic (exact) mass is 269 g/mol. The van der Waals surface area contributed by atoms with Crippen LogP contribution in [0.5, 0.6) is 0 Å². The summed E-state index contributed by atoms with van der Waals surface area (Å²) in [6.45, 7) is 1.27. The van der Waals surface area contributed by atoms with Gasteiger partial charge in [0.25, 0.3) is 0 Å². The highest BCUT2D eigenvalue weighted by molar-refractivity contribution is 5.71. The van der Waals surface area contributed by atoms with Crippen LogP contribution in [0.25, 0.3) is 0 Å². The topological polar surface area (TPSA) is 77.8 Å². The van der Waals surface area contributed by atoms with Gasteiger partial charge in [-0.2, -0.15) is 0 Å². The van der Waals surface area contributed by atoms with Crippen LogP contribution in [-0.4, -0.2) is 40.1 Å². The van der Waals surface area contributed by atoms with Gasteiger partial charge in [-0.3, -0.25) is 14.5 Å². The molecule has 104 valence electrons. The minimum atomic E-state index is -1.08. The zero-order valence-electron chi connectivity index (χ0n) is 10.5. The van der Waals surface area contributed by atoms with Crippen LogP contribution in [0.4, 0.5) is 4.39 Å². The van der Waals surface area contributed by atoms with E-state index in [1.54, 1.807) is 18.2 Å². The Balaban J connectivity index is 2.77. The second-order valence-corrected chi connectivity index (χ2v) is 4.39. The van der Waals surface area contributed by atoms with Gasteiger partial charge in [0.2, 0.25) is 0 Å². The molecule has 6 heteroatoms. The first-order valence-corrected chi connectivity index (χ1v) is 5.80. The first-order valence-electron chi connectivity index (χ1n) is 5.80. The Bertz CT molecular complexity index is 464. The molecule has 0 amide bonds. The van der Waals surface area contributed by atoms with E-state index in [2.05, 4.69) is 0 Å². The van der Waals surface area contributed by atoms with E-state index in [-0.39, 0.29) is 19.6 Å². The number of hydrogen-bond acceptors (Lipinski definition) is 3. The summed E-state index contributed by atoms with van der Waals surface area (Å²) in [5, 5.41) is 17.6. The van der Waals surface area contributed by atoms with E-state index in [4.69, 9.17) is 10.2 Å². The van der Waals surface area contributed by atoms with Crippen LogP contribution in [0.1, 0.15) is 12.5 Å². The summed E-state index contributed by atoms with van der Waals surface area (Å²) in [4.78, 5) is 22.9. The van der Waals surface area contributed by atoms with Gasteiger partial charge in [0.15, 0.2) is 0 Å². The Kier molecular flexibility index (Phi) is 5.44. The predicted molar refractivity (Wildman–Crippen MR) is 66.1 cm³/mol. The lowest BCUT2D eigenvalue weighted by Crippen LogP contribution is -2.35. The molecule has 0 saturated heterocycles. The third kappa shape index (κ3) is 5.05. The molecule has 0 aliphatic heterocycles. The van der Waals surface area contributed by atoms with Crippen molar-refractivity contribution in [2.75, 3.05) is 13.1 Å². The van der Waals surface area contributed by atoms with Crippen molar-refractivity contribution in [2.24, 2.45) is 5.92 Å². The Morgan fingerprint density at radius 3 is 2.47 bits per heavy atom. The minimum Gasteiger partial charge on any atom is -0.481 e. The van der Waals surface area contributed by atoms with Gasteiger partial charge in [-0.25, -0.2) is 4.39 Å². The fourth-order valence-electron chi connectivity index (χ4n) is 1.71. The first kappa shape index (κ1) is 15.1. The van der Waals surface area contributed by atoms with Gasteiger partial charge in [-0.15, -0.1) is 0 Å². The summed E-state index contributed by atoms with van der Waals surface area (Å²) >= 11 is 0. The van der Waals surface area contributed by atoms with E-state index in [1.165, 1.54) is 17.9 Å². The van der Waals surface area contributed by atoms with Crippen molar-refractivity contribution in [1.29, 1.82) is 0 Å². The zero-order valence-corrected chi connectivity index (χ0v) is 10.5. The standard InChI is InChI=1S/C13H16FNO4/c1-9(13(18)19)6-15(8-12(16)17)7-10-4-2-3-5-11(10)14/h2-5,9H,6-8H2,1H3,(H,16,17)(H,18,19). The molecule has 0 bridgehead atoms. The van der Waals surface area contributed by atoms with Gasteiger partial charge in [0.05, 0.1) is 12.5 Å². The van der Waals surface area contributed by atoms with E-state index in [9.17, 15) is 14.0 Å². The number of carbonyl (C=O) groups is 2. The lowest BCUT2D eigenvalue weighted by molar-refractivity contribution is -0.144. The van der Waals surface area contributed by atoms with Crippen LogP contribution in [0, 0.1) is 11.7 Å². The lowest BCUT2D eigenvalue weighted by atomic mass is 10.1. The molecule has 2 N–H and O–H groups in total. The van der Waals surface area contributed by atoms with E-state index >= 15 is 0 Å². The van der Waals surface area contributed by atoms with E-state index < -0.39 is 23.7 Å². The molecule has 19 heavy (non-hydrogen) atoms. The molecule has 0 spiro atoms. The SMILES string of the molecule is CC(CN(CC(=O)O)Cc1ccccc1F)C(=O)O. The first-order chi connectivity index (χ1) is 8.90. The van der Waals surface area contributed by atoms with Gasteiger partial charge in [0, 0.05) is 18.7 Å². The number of aliphatic carboxylic acids is 2. The molecular weight excluding hydrogens is 253 g/mol. The molecule has 0 fully saturated rings. The summed E-state index contributed by atoms with van der Waals surface area (Å²) in [6.07, 6.45) is 0.